The number of aromatic nitrogens is 2. The number of rotatable bonds is 1. The molecule has 3 nitrogen and oxygen atoms in total. The molecule has 2 N–H and O–H groups in total. The highest BCUT2D eigenvalue weighted by molar-refractivity contribution is 9.10. The van der Waals surface area contributed by atoms with E-state index >= 15 is 0 Å². The fourth-order valence-corrected chi connectivity index (χ4v) is 2.54. The van der Waals surface area contributed by atoms with Crippen LogP contribution in [0.25, 0.3) is 16.6 Å². The molecule has 0 spiro atoms. The predicted octanol–water partition coefficient (Wildman–Crippen LogP) is 3.68. The molecule has 0 aliphatic carbocycles. The molecule has 4 heteroatoms. The number of hydrogen-bond acceptors (Lipinski definition) is 2. The van der Waals surface area contributed by atoms with E-state index in [1.165, 1.54) is 0 Å². The molecule has 0 atom stereocenters. The number of halogens is 1. The molecule has 0 unspecified atom stereocenters. The highest BCUT2D eigenvalue weighted by Crippen LogP contribution is 2.28. The summed E-state index contributed by atoms with van der Waals surface area (Å²) in [6, 6.07) is 12.1. The van der Waals surface area contributed by atoms with Gasteiger partial charge in [0.1, 0.15) is 0 Å². The van der Waals surface area contributed by atoms with Gasteiger partial charge in [-0.25, -0.2) is 4.68 Å². The van der Waals surface area contributed by atoms with Crippen LogP contribution in [-0.4, -0.2) is 9.78 Å². The molecule has 2 aromatic carbocycles. The number of benzene rings is 2. The number of nitrogens with zero attached hydrogens (tertiary/aromatic N) is 2. The van der Waals surface area contributed by atoms with Gasteiger partial charge in [-0.15, -0.1) is 0 Å². The molecule has 18 heavy (non-hydrogen) atoms. The molecule has 0 aliphatic heterocycles. The first-order valence-corrected chi connectivity index (χ1v) is 6.45. The zero-order chi connectivity index (χ0) is 12.7. The van der Waals surface area contributed by atoms with Gasteiger partial charge >= 0.3 is 0 Å². The third kappa shape index (κ3) is 1.69. The summed E-state index contributed by atoms with van der Waals surface area (Å²) < 4.78 is 2.87. The van der Waals surface area contributed by atoms with E-state index in [0.29, 0.717) is 0 Å². The van der Waals surface area contributed by atoms with Gasteiger partial charge in [-0.3, -0.25) is 0 Å². The van der Waals surface area contributed by atoms with E-state index in [1.54, 1.807) is 0 Å². The SMILES string of the molecule is Cc1cc(-n2ncc3ccccc32)c(Br)cc1N. The maximum atomic E-state index is 5.90. The van der Waals surface area contributed by atoms with Gasteiger partial charge in [-0.2, -0.15) is 5.10 Å². The Balaban J connectivity index is 2.29. The number of hydrogen-bond donors (Lipinski definition) is 1. The summed E-state index contributed by atoms with van der Waals surface area (Å²) in [5.41, 5.74) is 9.81. The zero-order valence-corrected chi connectivity index (χ0v) is 11.5. The van der Waals surface area contributed by atoms with Crippen LogP contribution in [0.2, 0.25) is 0 Å². The van der Waals surface area contributed by atoms with Crippen LogP contribution in [0, 0.1) is 6.92 Å². The normalized spacial score (nSPS) is 11.0. The van der Waals surface area contributed by atoms with Crippen molar-refractivity contribution in [3.63, 3.8) is 0 Å². The second-order valence-corrected chi connectivity index (χ2v) is 5.13. The fourth-order valence-electron chi connectivity index (χ4n) is 2.01. The highest BCUT2D eigenvalue weighted by Gasteiger charge is 2.09. The summed E-state index contributed by atoms with van der Waals surface area (Å²) in [5, 5.41) is 5.57. The molecule has 0 saturated heterocycles. The van der Waals surface area contributed by atoms with Crippen LogP contribution >= 0.6 is 15.9 Å². The molecule has 0 aliphatic rings. The van der Waals surface area contributed by atoms with Gasteiger partial charge < -0.3 is 5.73 Å². The largest absolute Gasteiger partial charge is 0.398 e. The van der Waals surface area contributed by atoms with Gasteiger partial charge in [0.2, 0.25) is 0 Å². The minimum absolute atomic E-state index is 0.780. The van der Waals surface area contributed by atoms with Crippen molar-refractivity contribution < 1.29 is 0 Å². The van der Waals surface area contributed by atoms with E-state index in [2.05, 4.69) is 33.2 Å². The Morgan fingerprint density at radius 2 is 2.00 bits per heavy atom. The van der Waals surface area contributed by atoms with E-state index in [0.717, 1.165) is 32.3 Å². The third-order valence-corrected chi connectivity index (χ3v) is 3.68. The first kappa shape index (κ1) is 11.3. The van der Waals surface area contributed by atoms with Crippen molar-refractivity contribution in [3.05, 3.63) is 52.6 Å². The van der Waals surface area contributed by atoms with Gasteiger partial charge in [-0.1, -0.05) is 18.2 Å². The van der Waals surface area contributed by atoms with Gasteiger partial charge in [0, 0.05) is 15.5 Å². The van der Waals surface area contributed by atoms with Crippen molar-refractivity contribution in [2.24, 2.45) is 0 Å². The van der Waals surface area contributed by atoms with Crippen molar-refractivity contribution in [1.29, 1.82) is 0 Å². The lowest BCUT2D eigenvalue weighted by Gasteiger charge is -2.09. The van der Waals surface area contributed by atoms with Gasteiger partial charge in [0.25, 0.3) is 0 Å². The standard InChI is InChI=1S/C14H12BrN3/c1-9-6-14(11(15)7-12(9)16)18-13-5-3-2-4-10(13)8-17-18/h2-8H,16H2,1H3. The van der Waals surface area contributed by atoms with E-state index in [4.69, 9.17) is 5.73 Å². The van der Waals surface area contributed by atoms with Crippen LogP contribution in [0.3, 0.4) is 0 Å². The lowest BCUT2D eigenvalue weighted by atomic mass is 10.2. The summed E-state index contributed by atoms with van der Waals surface area (Å²) in [7, 11) is 0. The lowest BCUT2D eigenvalue weighted by Crippen LogP contribution is -2.00. The smallest absolute Gasteiger partial charge is 0.0799 e. The molecule has 3 rings (SSSR count). The highest BCUT2D eigenvalue weighted by atomic mass is 79.9. The van der Waals surface area contributed by atoms with Crippen molar-refractivity contribution in [2.75, 3.05) is 5.73 Å². The van der Waals surface area contributed by atoms with Gasteiger partial charge in [0.15, 0.2) is 0 Å². The average molecular weight is 302 g/mol. The maximum absolute atomic E-state index is 5.90. The molecular formula is C14H12BrN3. The van der Waals surface area contributed by atoms with Gasteiger partial charge in [-0.05, 0) is 46.6 Å². The quantitative estimate of drug-likeness (QED) is 0.697. The second kappa shape index (κ2) is 4.14. The minimum Gasteiger partial charge on any atom is -0.398 e. The van der Waals surface area contributed by atoms with E-state index in [9.17, 15) is 0 Å². The van der Waals surface area contributed by atoms with Crippen LogP contribution in [0.15, 0.2) is 47.1 Å². The second-order valence-electron chi connectivity index (χ2n) is 4.28. The zero-order valence-electron chi connectivity index (χ0n) is 9.89. The molecule has 1 aromatic heterocycles. The molecule has 0 radical (unpaired) electrons. The third-order valence-electron chi connectivity index (χ3n) is 3.04. The Kier molecular flexibility index (Phi) is 2.59. The Morgan fingerprint density at radius 3 is 2.83 bits per heavy atom. The lowest BCUT2D eigenvalue weighted by molar-refractivity contribution is 0.905. The molecule has 0 bridgehead atoms. The number of fused-ring (bicyclic) bond motifs is 1. The molecule has 3 aromatic rings. The maximum Gasteiger partial charge on any atom is 0.0799 e. The topological polar surface area (TPSA) is 43.8 Å². The number of aryl methyl sites for hydroxylation is 1. The van der Waals surface area contributed by atoms with Crippen molar-refractivity contribution in [3.8, 4) is 5.69 Å². The van der Waals surface area contributed by atoms with Crippen LogP contribution in [-0.2, 0) is 0 Å². The van der Waals surface area contributed by atoms with Crippen LogP contribution < -0.4 is 5.73 Å². The first-order valence-electron chi connectivity index (χ1n) is 5.65. The van der Waals surface area contributed by atoms with Crippen molar-refractivity contribution in [2.45, 2.75) is 6.92 Å². The number of para-hydroxylation sites is 1. The Hall–Kier alpha value is -1.81. The summed E-state index contributed by atoms with van der Waals surface area (Å²) in [6.45, 7) is 2.00. The summed E-state index contributed by atoms with van der Waals surface area (Å²) >= 11 is 3.55. The number of nitrogen functional groups attached to an aromatic ring is 1. The molecule has 0 fully saturated rings. The molecule has 0 amide bonds. The number of nitrogens with two attached hydrogens (primary N) is 1. The predicted molar refractivity (Wildman–Crippen MR) is 77.9 cm³/mol. The van der Waals surface area contributed by atoms with E-state index in [1.807, 2.05) is 42.1 Å². The van der Waals surface area contributed by atoms with Crippen LogP contribution in [0.1, 0.15) is 5.56 Å². The Labute approximate surface area is 113 Å². The summed E-state index contributed by atoms with van der Waals surface area (Å²) in [6.07, 6.45) is 1.87. The monoisotopic (exact) mass is 301 g/mol. The van der Waals surface area contributed by atoms with E-state index < -0.39 is 0 Å². The first-order chi connectivity index (χ1) is 8.66. The van der Waals surface area contributed by atoms with E-state index in [-0.39, 0.29) is 0 Å². The van der Waals surface area contributed by atoms with Crippen molar-refractivity contribution in [1.82, 2.24) is 9.78 Å². The van der Waals surface area contributed by atoms with Gasteiger partial charge in [0.05, 0.1) is 17.4 Å². The minimum atomic E-state index is 0.780. The average Bonchev–Trinajstić information content (AvgIpc) is 2.78. The van der Waals surface area contributed by atoms with Crippen LogP contribution in [0.5, 0.6) is 0 Å². The summed E-state index contributed by atoms with van der Waals surface area (Å²) in [5.74, 6) is 0. The Bertz CT molecular complexity index is 731. The summed E-state index contributed by atoms with van der Waals surface area (Å²) in [4.78, 5) is 0. The number of anilines is 1. The molecule has 90 valence electrons. The van der Waals surface area contributed by atoms with Crippen molar-refractivity contribution >= 4 is 32.5 Å². The molecule has 0 saturated carbocycles. The molecular weight excluding hydrogens is 290 g/mol. The Morgan fingerprint density at radius 1 is 1.22 bits per heavy atom. The fraction of sp³-hybridized carbons (Fsp3) is 0.0714. The van der Waals surface area contributed by atoms with Crippen LogP contribution in [0.4, 0.5) is 5.69 Å². The molecule has 1 heterocycles.